The van der Waals surface area contributed by atoms with E-state index in [2.05, 4.69) is 16.8 Å². The molecule has 1 aliphatic carbocycles. The third-order valence-corrected chi connectivity index (χ3v) is 4.40. The summed E-state index contributed by atoms with van der Waals surface area (Å²) < 4.78 is 5.35. The van der Waals surface area contributed by atoms with Gasteiger partial charge in [0.15, 0.2) is 5.22 Å². The Labute approximate surface area is 110 Å². The van der Waals surface area contributed by atoms with E-state index in [1.165, 1.54) is 29.7 Å². The molecular formula is C13H14ClNOS. The standard InChI is InChI=1S/C13H14ClNOS/c14-13-5-4-9(16-13)8-15-11-2-1-3-12-10(11)6-7-17-12/h4-7,11,15H,1-3,8H2. The number of rotatable bonds is 3. The van der Waals surface area contributed by atoms with Gasteiger partial charge in [-0.15, -0.1) is 11.3 Å². The van der Waals surface area contributed by atoms with E-state index < -0.39 is 0 Å². The fourth-order valence-corrected chi connectivity index (χ4v) is 3.52. The molecule has 90 valence electrons. The zero-order valence-corrected chi connectivity index (χ0v) is 11.0. The van der Waals surface area contributed by atoms with Crippen LogP contribution in [0.1, 0.15) is 35.1 Å². The maximum absolute atomic E-state index is 5.75. The van der Waals surface area contributed by atoms with E-state index in [0.717, 1.165) is 12.3 Å². The Morgan fingerprint density at radius 2 is 2.35 bits per heavy atom. The number of halogens is 1. The highest BCUT2D eigenvalue weighted by Gasteiger charge is 2.20. The van der Waals surface area contributed by atoms with Crippen molar-refractivity contribution in [1.82, 2.24) is 5.32 Å². The zero-order valence-electron chi connectivity index (χ0n) is 9.41. The summed E-state index contributed by atoms with van der Waals surface area (Å²) in [6.45, 7) is 0.743. The third kappa shape index (κ3) is 2.41. The first kappa shape index (κ1) is 11.3. The third-order valence-electron chi connectivity index (χ3n) is 3.20. The fourth-order valence-electron chi connectivity index (χ4n) is 2.37. The van der Waals surface area contributed by atoms with Crippen molar-refractivity contribution in [2.75, 3.05) is 0 Å². The topological polar surface area (TPSA) is 25.2 Å². The van der Waals surface area contributed by atoms with Crippen molar-refractivity contribution in [3.8, 4) is 0 Å². The maximum atomic E-state index is 5.75. The van der Waals surface area contributed by atoms with Gasteiger partial charge in [0.05, 0.1) is 6.54 Å². The summed E-state index contributed by atoms with van der Waals surface area (Å²) in [4.78, 5) is 1.53. The quantitative estimate of drug-likeness (QED) is 0.903. The van der Waals surface area contributed by atoms with E-state index in [-0.39, 0.29) is 0 Å². The average Bonchev–Trinajstić information content (AvgIpc) is 2.94. The molecule has 2 aromatic heterocycles. The molecule has 0 bridgehead atoms. The van der Waals surface area contributed by atoms with Gasteiger partial charge in [-0.2, -0.15) is 0 Å². The number of hydrogen-bond donors (Lipinski definition) is 1. The second kappa shape index (κ2) is 4.84. The Bertz CT molecular complexity index is 505. The summed E-state index contributed by atoms with van der Waals surface area (Å²) in [6.07, 6.45) is 3.71. The largest absolute Gasteiger partial charge is 0.448 e. The van der Waals surface area contributed by atoms with Crippen LogP contribution in [0.3, 0.4) is 0 Å². The molecule has 4 heteroatoms. The van der Waals surface area contributed by atoms with Crippen LogP contribution in [0.15, 0.2) is 28.0 Å². The molecule has 17 heavy (non-hydrogen) atoms. The Hall–Kier alpha value is -0.770. The highest BCUT2D eigenvalue weighted by molar-refractivity contribution is 7.10. The average molecular weight is 268 g/mol. The monoisotopic (exact) mass is 267 g/mol. The minimum atomic E-state index is 0.460. The lowest BCUT2D eigenvalue weighted by atomic mass is 9.94. The molecule has 0 saturated heterocycles. The molecule has 2 heterocycles. The fraction of sp³-hybridized carbons (Fsp3) is 0.385. The molecule has 1 unspecified atom stereocenters. The summed E-state index contributed by atoms with van der Waals surface area (Å²) in [7, 11) is 0. The smallest absolute Gasteiger partial charge is 0.193 e. The van der Waals surface area contributed by atoms with Crippen molar-refractivity contribution in [1.29, 1.82) is 0 Å². The minimum Gasteiger partial charge on any atom is -0.448 e. The van der Waals surface area contributed by atoms with Gasteiger partial charge in [0.1, 0.15) is 5.76 Å². The van der Waals surface area contributed by atoms with Crippen LogP contribution in [-0.2, 0) is 13.0 Å². The molecule has 0 amide bonds. The molecule has 0 aliphatic heterocycles. The highest BCUT2D eigenvalue weighted by Crippen LogP contribution is 2.33. The van der Waals surface area contributed by atoms with Crippen LogP contribution in [-0.4, -0.2) is 0 Å². The lowest BCUT2D eigenvalue weighted by Crippen LogP contribution is -2.23. The molecule has 0 saturated carbocycles. The van der Waals surface area contributed by atoms with Gasteiger partial charge in [-0.3, -0.25) is 0 Å². The molecule has 1 aliphatic rings. The van der Waals surface area contributed by atoms with Gasteiger partial charge in [-0.05, 0) is 60.0 Å². The molecule has 1 N–H and O–H groups in total. The van der Waals surface area contributed by atoms with Crippen LogP contribution in [0.5, 0.6) is 0 Å². The Morgan fingerprint density at radius 3 is 3.18 bits per heavy atom. The summed E-state index contributed by atoms with van der Waals surface area (Å²) in [6, 6.07) is 6.42. The summed E-state index contributed by atoms with van der Waals surface area (Å²) >= 11 is 7.62. The molecule has 0 aromatic carbocycles. The summed E-state index contributed by atoms with van der Waals surface area (Å²) in [5.74, 6) is 0.900. The van der Waals surface area contributed by atoms with Crippen LogP contribution in [0, 0.1) is 0 Å². The first-order chi connectivity index (χ1) is 8.33. The predicted molar refractivity (Wildman–Crippen MR) is 70.6 cm³/mol. The lowest BCUT2D eigenvalue weighted by Gasteiger charge is -2.23. The van der Waals surface area contributed by atoms with Crippen LogP contribution in [0.25, 0.3) is 0 Å². The van der Waals surface area contributed by atoms with Gasteiger partial charge in [-0.1, -0.05) is 0 Å². The van der Waals surface area contributed by atoms with E-state index in [1.54, 1.807) is 6.07 Å². The molecule has 0 radical (unpaired) electrons. The predicted octanol–water partition coefficient (Wildman–Crippen LogP) is 4.16. The van der Waals surface area contributed by atoms with E-state index in [0.29, 0.717) is 11.3 Å². The van der Waals surface area contributed by atoms with Crippen molar-refractivity contribution in [2.45, 2.75) is 31.8 Å². The Morgan fingerprint density at radius 1 is 1.41 bits per heavy atom. The van der Waals surface area contributed by atoms with Crippen LogP contribution in [0.2, 0.25) is 5.22 Å². The number of hydrogen-bond acceptors (Lipinski definition) is 3. The number of fused-ring (bicyclic) bond motifs is 1. The van der Waals surface area contributed by atoms with Crippen molar-refractivity contribution < 1.29 is 4.42 Å². The van der Waals surface area contributed by atoms with Gasteiger partial charge in [-0.25, -0.2) is 0 Å². The van der Waals surface area contributed by atoms with Gasteiger partial charge >= 0.3 is 0 Å². The van der Waals surface area contributed by atoms with Gasteiger partial charge in [0.2, 0.25) is 0 Å². The summed E-state index contributed by atoms with van der Waals surface area (Å²) in [5, 5.41) is 6.20. The first-order valence-electron chi connectivity index (χ1n) is 5.87. The maximum Gasteiger partial charge on any atom is 0.193 e. The summed E-state index contributed by atoms with van der Waals surface area (Å²) in [5.41, 5.74) is 1.47. The Kier molecular flexibility index (Phi) is 3.23. The van der Waals surface area contributed by atoms with Crippen LogP contribution in [0.4, 0.5) is 0 Å². The second-order valence-corrected chi connectivity index (χ2v) is 5.70. The van der Waals surface area contributed by atoms with Crippen molar-refractivity contribution in [2.24, 2.45) is 0 Å². The van der Waals surface area contributed by atoms with E-state index >= 15 is 0 Å². The molecule has 3 rings (SSSR count). The van der Waals surface area contributed by atoms with Gasteiger partial charge in [0.25, 0.3) is 0 Å². The normalized spacial score (nSPS) is 19.2. The van der Waals surface area contributed by atoms with Crippen LogP contribution >= 0.6 is 22.9 Å². The van der Waals surface area contributed by atoms with Gasteiger partial charge < -0.3 is 9.73 Å². The molecule has 2 aromatic rings. The number of aryl methyl sites for hydroxylation is 1. The van der Waals surface area contributed by atoms with E-state index in [1.807, 2.05) is 17.4 Å². The SMILES string of the molecule is Clc1ccc(CNC2CCCc3sccc32)o1. The molecule has 1 atom stereocenters. The van der Waals surface area contributed by atoms with Crippen molar-refractivity contribution in [3.63, 3.8) is 0 Å². The Balaban J connectivity index is 1.67. The highest BCUT2D eigenvalue weighted by atomic mass is 35.5. The number of furan rings is 1. The molecule has 0 spiro atoms. The van der Waals surface area contributed by atoms with E-state index in [9.17, 15) is 0 Å². The van der Waals surface area contributed by atoms with E-state index in [4.69, 9.17) is 16.0 Å². The minimum absolute atomic E-state index is 0.460. The molecule has 0 fully saturated rings. The zero-order chi connectivity index (χ0) is 11.7. The molecule has 2 nitrogen and oxygen atoms in total. The lowest BCUT2D eigenvalue weighted by molar-refractivity contribution is 0.420. The second-order valence-electron chi connectivity index (χ2n) is 4.33. The van der Waals surface area contributed by atoms with Crippen LogP contribution < -0.4 is 5.32 Å². The van der Waals surface area contributed by atoms with Gasteiger partial charge in [0, 0.05) is 10.9 Å². The first-order valence-corrected chi connectivity index (χ1v) is 7.12. The molecular weight excluding hydrogens is 254 g/mol. The number of nitrogens with one attached hydrogen (secondary N) is 1. The van der Waals surface area contributed by atoms with Crippen molar-refractivity contribution in [3.05, 3.63) is 45.0 Å². The number of thiophene rings is 1. The van der Waals surface area contributed by atoms with Crippen molar-refractivity contribution >= 4 is 22.9 Å².